The van der Waals surface area contributed by atoms with Gasteiger partial charge in [-0.25, -0.2) is 0 Å². The zero-order valence-electron chi connectivity index (χ0n) is 17.9. The van der Waals surface area contributed by atoms with Crippen LogP contribution in [0.5, 0.6) is 11.5 Å². The van der Waals surface area contributed by atoms with Gasteiger partial charge >= 0.3 is 0 Å². The summed E-state index contributed by atoms with van der Waals surface area (Å²) in [5, 5.41) is 13.8. The smallest absolute Gasteiger partial charge is 0.170 e. The number of anilines is 2. The molecule has 0 spiro atoms. The summed E-state index contributed by atoms with van der Waals surface area (Å²) in [7, 11) is 3.29. The average Bonchev–Trinajstić information content (AvgIpc) is 2.76. The number of ether oxygens (including phenoxy) is 2. The molecule has 4 N–H and O–H groups in total. The number of hydrogen-bond acceptors (Lipinski definition) is 4. The van der Waals surface area contributed by atoms with E-state index in [1.165, 1.54) is 0 Å². The Kier molecular flexibility index (Phi) is 9.63. The molecule has 0 amide bonds. The summed E-state index contributed by atoms with van der Waals surface area (Å²) in [6.45, 7) is 5.83. The van der Waals surface area contributed by atoms with Crippen molar-refractivity contribution in [3.8, 4) is 22.6 Å². The molecule has 0 radical (unpaired) electrons. The maximum Gasteiger partial charge on any atom is 0.170 e. The molecule has 30 heavy (non-hydrogen) atoms. The van der Waals surface area contributed by atoms with Gasteiger partial charge in [0.25, 0.3) is 0 Å². The minimum atomic E-state index is 0.577. The minimum Gasteiger partial charge on any atom is -0.495 e. The molecule has 0 bridgehead atoms. The van der Waals surface area contributed by atoms with Crippen LogP contribution in [-0.2, 0) is 0 Å². The van der Waals surface area contributed by atoms with E-state index in [0.717, 1.165) is 48.4 Å². The first-order valence-electron chi connectivity index (χ1n) is 9.98. The predicted molar refractivity (Wildman–Crippen MR) is 134 cm³/mol. The molecule has 0 fully saturated rings. The summed E-state index contributed by atoms with van der Waals surface area (Å²) in [4.78, 5) is 0. The quantitative estimate of drug-likeness (QED) is 0.411. The van der Waals surface area contributed by atoms with E-state index in [-0.39, 0.29) is 0 Å². The molecule has 0 unspecified atom stereocenters. The third-order valence-corrected chi connectivity index (χ3v) is 4.80. The molecule has 0 atom stereocenters. The van der Waals surface area contributed by atoms with Gasteiger partial charge in [-0.1, -0.05) is 26.0 Å². The first-order valence-corrected chi connectivity index (χ1v) is 10.8. The molecule has 2 aromatic rings. The van der Waals surface area contributed by atoms with Gasteiger partial charge in [0, 0.05) is 13.1 Å². The van der Waals surface area contributed by atoms with E-state index < -0.39 is 0 Å². The zero-order chi connectivity index (χ0) is 21.9. The van der Waals surface area contributed by atoms with Crippen LogP contribution in [0.25, 0.3) is 11.1 Å². The van der Waals surface area contributed by atoms with E-state index >= 15 is 0 Å². The van der Waals surface area contributed by atoms with Gasteiger partial charge < -0.3 is 30.7 Å². The standard InChI is InChI=1S/C22H30N4O2S2/c1-5-11-23-21(29)25-17-9-7-15(13-19(17)27-3)16-8-10-18(20(14-16)28-4)26-22(30)24-12-6-2/h7-10,13-14H,5-6,11-12H2,1-4H3,(H2,23,25,29)(H2,24,26,30). The molecule has 0 aliphatic carbocycles. The summed E-state index contributed by atoms with van der Waals surface area (Å²) < 4.78 is 11.1. The highest BCUT2D eigenvalue weighted by molar-refractivity contribution is 7.80. The van der Waals surface area contributed by atoms with Crippen molar-refractivity contribution >= 4 is 46.0 Å². The highest BCUT2D eigenvalue weighted by Crippen LogP contribution is 2.34. The molecule has 0 aromatic heterocycles. The number of methoxy groups -OCH3 is 2. The van der Waals surface area contributed by atoms with Crippen molar-refractivity contribution in [3.05, 3.63) is 36.4 Å². The lowest BCUT2D eigenvalue weighted by Crippen LogP contribution is -2.29. The number of hydrogen-bond donors (Lipinski definition) is 4. The van der Waals surface area contributed by atoms with Crippen LogP contribution in [0.3, 0.4) is 0 Å². The molecule has 0 saturated heterocycles. The molecule has 162 valence electrons. The Balaban J connectivity index is 2.22. The van der Waals surface area contributed by atoms with Gasteiger partial charge in [0.1, 0.15) is 11.5 Å². The van der Waals surface area contributed by atoms with Gasteiger partial charge in [-0.2, -0.15) is 0 Å². The topological polar surface area (TPSA) is 66.6 Å². The van der Waals surface area contributed by atoms with Crippen molar-refractivity contribution in [1.29, 1.82) is 0 Å². The Labute approximate surface area is 189 Å². The molecule has 0 heterocycles. The average molecular weight is 447 g/mol. The Morgan fingerprint density at radius 1 is 0.733 bits per heavy atom. The van der Waals surface area contributed by atoms with E-state index in [2.05, 4.69) is 35.1 Å². The minimum absolute atomic E-state index is 0.577. The van der Waals surface area contributed by atoms with Gasteiger partial charge in [0.2, 0.25) is 0 Å². The molecular formula is C22H30N4O2S2. The predicted octanol–water partition coefficient (Wildman–Crippen LogP) is 4.76. The van der Waals surface area contributed by atoms with Crippen LogP contribution in [0, 0.1) is 0 Å². The van der Waals surface area contributed by atoms with Crippen molar-refractivity contribution < 1.29 is 9.47 Å². The van der Waals surface area contributed by atoms with Crippen molar-refractivity contribution in [3.63, 3.8) is 0 Å². The van der Waals surface area contributed by atoms with Crippen molar-refractivity contribution in [2.45, 2.75) is 26.7 Å². The fourth-order valence-electron chi connectivity index (χ4n) is 2.76. The lowest BCUT2D eigenvalue weighted by molar-refractivity contribution is 0.416. The molecule has 2 aromatic carbocycles. The lowest BCUT2D eigenvalue weighted by Gasteiger charge is -2.16. The largest absolute Gasteiger partial charge is 0.495 e. The second-order valence-corrected chi connectivity index (χ2v) is 7.41. The number of thiocarbonyl (C=S) groups is 2. The SMILES string of the molecule is CCCNC(=S)Nc1ccc(-c2ccc(NC(=S)NCCC)c(OC)c2)cc1OC. The maximum atomic E-state index is 5.56. The third-order valence-electron chi connectivity index (χ3n) is 4.30. The lowest BCUT2D eigenvalue weighted by atomic mass is 10.0. The third kappa shape index (κ3) is 6.74. The first kappa shape index (κ1) is 23.7. The van der Waals surface area contributed by atoms with E-state index in [1.807, 2.05) is 36.4 Å². The monoisotopic (exact) mass is 446 g/mol. The zero-order valence-corrected chi connectivity index (χ0v) is 19.6. The number of rotatable bonds is 9. The summed E-state index contributed by atoms with van der Waals surface area (Å²) >= 11 is 10.7. The highest BCUT2D eigenvalue weighted by Gasteiger charge is 2.11. The Morgan fingerprint density at radius 2 is 1.13 bits per heavy atom. The van der Waals surface area contributed by atoms with E-state index in [0.29, 0.717) is 21.7 Å². The number of benzene rings is 2. The molecule has 0 aliphatic heterocycles. The van der Waals surface area contributed by atoms with Gasteiger partial charge in [-0.3, -0.25) is 0 Å². The highest BCUT2D eigenvalue weighted by atomic mass is 32.1. The Hall–Kier alpha value is -2.58. The molecular weight excluding hydrogens is 416 g/mol. The molecule has 8 heteroatoms. The van der Waals surface area contributed by atoms with Crippen LogP contribution >= 0.6 is 24.4 Å². The summed E-state index contributed by atoms with van der Waals surface area (Å²) in [6, 6.07) is 11.9. The molecule has 6 nitrogen and oxygen atoms in total. The van der Waals surface area contributed by atoms with Gasteiger partial charge in [-0.05, 0) is 72.7 Å². The van der Waals surface area contributed by atoms with Crippen LogP contribution < -0.4 is 30.7 Å². The van der Waals surface area contributed by atoms with E-state index in [1.54, 1.807) is 14.2 Å². The first-order chi connectivity index (χ1) is 14.5. The van der Waals surface area contributed by atoms with Gasteiger partial charge in [0.05, 0.1) is 25.6 Å². The second-order valence-electron chi connectivity index (χ2n) is 6.59. The van der Waals surface area contributed by atoms with Crippen molar-refractivity contribution in [1.82, 2.24) is 10.6 Å². The van der Waals surface area contributed by atoms with Crippen LogP contribution in [0.2, 0.25) is 0 Å². The van der Waals surface area contributed by atoms with Crippen molar-refractivity contribution in [2.24, 2.45) is 0 Å². The maximum absolute atomic E-state index is 5.56. The Bertz CT molecular complexity index is 803. The molecule has 0 aliphatic rings. The normalized spacial score (nSPS) is 10.1. The van der Waals surface area contributed by atoms with Gasteiger partial charge in [0.15, 0.2) is 10.2 Å². The Morgan fingerprint density at radius 3 is 1.47 bits per heavy atom. The van der Waals surface area contributed by atoms with Crippen LogP contribution in [0.1, 0.15) is 26.7 Å². The molecule has 0 saturated carbocycles. The summed E-state index contributed by atoms with van der Waals surface area (Å²) in [5.74, 6) is 1.42. The van der Waals surface area contributed by atoms with Crippen molar-refractivity contribution in [2.75, 3.05) is 37.9 Å². The van der Waals surface area contributed by atoms with Gasteiger partial charge in [-0.15, -0.1) is 0 Å². The van der Waals surface area contributed by atoms with E-state index in [4.69, 9.17) is 33.9 Å². The molecule has 2 rings (SSSR count). The number of nitrogens with one attached hydrogen (secondary N) is 4. The fourth-order valence-corrected chi connectivity index (χ4v) is 3.18. The summed E-state index contributed by atoms with van der Waals surface area (Å²) in [6.07, 6.45) is 2.01. The second kappa shape index (κ2) is 12.2. The van der Waals surface area contributed by atoms with E-state index in [9.17, 15) is 0 Å². The van der Waals surface area contributed by atoms with Crippen LogP contribution in [-0.4, -0.2) is 37.5 Å². The summed E-state index contributed by atoms with van der Waals surface area (Å²) in [5.41, 5.74) is 3.63. The van der Waals surface area contributed by atoms with Crippen LogP contribution in [0.15, 0.2) is 36.4 Å². The fraction of sp³-hybridized carbons (Fsp3) is 0.364. The van der Waals surface area contributed by atoms with Crippen LogP contribution in [0.4, 0.5) is 11.4 Å².